The summed E-state index contributed by atoms with van der Waals surface area (Å²) in [4.78, 5) is 33.2. The maximum atomic E-state index is 11.9. The van der Waals surface area contributed by atoms with Gasteiger partial charge in [-0.3, -0.25) is 9.69 Å². The Balaban J connectivity index is 1.75. The predicted octanol–water partition coefficient (Wildman–Crippen LogP) is -0.290. The molecule has 0 aromatic carbocycles. The van der Waals surface area contributed by atoms with Crippen molar-refractivity contribution in [3.63, 3.8) is 0 Å². The third-order valence-electron chi connectivity index (χ3n) is 3.49. The van der Waals surface area contributed by atoms with Crippen LogP contribution in [0.15, 0.2) is 12.5 Å². The molecule has 0 spiro atoms. The molecule has 1 aromatic rings. The van der Waals surface area contributed by atoms with E-state index in [0.717, 1.165) is 5.69 Å². The number of piperazine rings is 1. The summed E-state index contributed by atoms with van der Waals surface area (Å²) in [5, 5.41) is 11.8. The van der Waals surface area contributed by atoms with Crippen molar-refractivity contribution >= 4 is 12.0 Å². The number of hydrogen-bond acceptors (Lipinski definition) is 4. The Kier molecular flexibility index (Phi) is 4.57. The number of carbonyl (C=O) groups excluding carboxylic acids is 1. The molecule has 0 aliphatic carbocycles. The number of imidazole rings is 1. The first kappa shape index (κ1) is 14.3. The van der Waals surface area contributed by atoms with E-state index >= 15 is 0 Å². The average Bonchev–Trinajstić information content (AvgIpc) is 2.97. The zero-order valence-corrected chi connectivity index (χ0v) is 11.4. The van der Waals surface area contributed by atoms with Crippen molar-refractivity contribution in [1.29, 1.82) is 0 Å². The summed E-state index contributed by atoms with van der Waals surface area (Å²) in [6.45, 7) is 4.29. The molecular formula is C12H19N5O3. The van der Waals surface area contributed by atoms with Crippen molar-refractivity contribution in [2.24, 2.45) is 0 Å². The van der Waals surface area contributed by atoms with Gasteiger partial charge in [0.25, 0.3) is 0 Å². The van der Waals surface area contributed by atoms with E-state index in [4.69, 9.17) is 5.11 Å². The van der Waals surface area contributed by atoms with Crippen molar-refractivity contribution < 1.29 is 14.7 Å². The Hall–Kier alpha value is -2.09. The Bertz CT molecular complexity index is 454. The van der Waals surface area contributed by atoms with Crippen LogP contribution in [-0.4, -0.2) is 69.1 Å². The fraction of sp³-hybridized carbons (Fsp3) is 0.583. The molecule has 8 nitrogen and oxygen atoms in total. The largest absolute Gasteiger partial charge is 0.480 e. The average molecular weight is 281 g/mol. The Morgan fingerprint density at radius 1 is 1.45 bits per heavy atom. The lowest BCUT2D eigenvalue weighted by molar-refractivity contribution is -0.143. The van der Waals surface area contributed by atoms with Gasteiger partial charge in [0.1, 0.15) is 6.04 Å². The van der Waals surface area contributed by atoms with Crippen LogP contribution < -0.4 is 5.32 Å². The molecule has 110 valence electrons. The van der Waals surface area contributed by atoms with Gasteiger partial charge in [-0.2, -0.15) is 0 Å². The van der Waals surface area contributed by atoms with Crippen LogP contribution in [0.5, 0.6) is 0 Å². The topological polar surface area (TPSA) is 102 Å². The molecule has 3 N–H and O–H groups in total. The fourth-order valence-electron chi connectivity index (χ4n) is 2.13. The van der Waals surface area contributed by atoms with Crippen LogP contribution in [0.25, 0.3) is 0 Å². The SMILES string of the molecule is CC(C(=O)O)N1CCN(C(=O)NCc2cnc[nH]2)CC1. The van der Waals surface area contributed by atoms with E-state index in [1.165, 1.54) is 0 Å². The molecule has 2 heterocycles. The molecule has 2 rings (SSSR count). The second-order valence-corrected chi connectivity index (χ2v) is 4.77. The number of urea groups is 1. The van der Waals surface area contributed by atoms with E-state index in [2.05, 4.69) is 15.3 Å². The number of rotatable bonds is 4. The number of aliphatic carboxylic acids is 1. The lowest BCUT2D eigenvalue weighted by Crippen LogP contribution is -2.55. The summed E-state index contributed by atoms with van der Waals surface area (Å²) >= 11 is 0. The molecule has 1 atom stereocenters. The first-order valence-corrected chi connectivity index (χ1v) is 6.55. The molecule has 1 aromatic heterocycles. The lowest BCUT2D eigenvalue weighted by Gasteiger charge is -2.36. The summed E-state index contributed by atoms with van der Waals surface area (Å²) in [6.07, 6.45) is 3.22. The number of carboxylic acids is 1. The van der Waals surface area contributed by atoms with Crippen molar-refractivity contribution in [2.45, 2.75) is 19.5 Å². The van der Waals surface area contributed by atoms with Crippen molar-refractivity contribution in [3.05, 3.63) is 18.2 Å². The minimum absolute atomic E-state index is 0.137. The van der Waals surface area contributed by atoms with Crippen LogP contribution in [0.4, 0.5) is 4.79 Å². The molecule has 8 heteroatoms. The van der Waals surface area contributed by atoms with Crippen LogP contribution in [0.3, 0.4) is 0 Å². The second-order valence-electron chi connectivity index (χ2n) is 4.77. The van der Waals surface area contributed by atoms with E-state index in [1.807, 2.05) is 4.90 Å². The van der Waals surface area contributed by atoms with Gasteiger partial charge in [0.2, 0.25) is 0 Å². The van der Waals surface area contributed by atoms with Gasteiger partial charge in [-0.1, -0.05) is 0 Å². The van der Waals surface area contributed by atoms with E-state index in [0.29, 0.717) is 32.7 Å². The zero-order valence-electron chi connectivity index (χ0n) is 11.4. The minimum atomic E-state index is -0.831. The van der Waals surface area contributed by atoms with Crippen LogP contribution >= 0.6 is 0 Å². The highest BCUT2D eigenvalue weighted by atomic mass is 16.4. The molecule has 1 saturated heterocycles. The number of aromatic nitrogens is 2. The first-order chi connectivity index (χ1) is 9.58. The van der Waals surface area contributed by atoms with Gasteiger partial charge in [-0.05, 0) is 6.92 Å². The standard InChI is InChI=1S/C12H19N5O3/c1-9(11(18)19)16-2-4-17(5-3-16)12(20)14-7-10-6-13-8-15-10/h6,8-9H,2-5,7H2,1H3,(H,13,15)(H,14,20)(H,18,19). The number of nitrogens with zero attached hydrogens (tertiary/aromatic N) is 3. The molecule has 0 bridgehead atoms. The molecule has 20 heavy (non-hydrogen) atoms. The molecular weight excluding hydrogens is 262 g/mol. The quantitative estimate of drug-likeness (QED) is 0.704. The van der Waals surface area contributed by atoms with Gasteiger partial charge < -0.3 is 20.3 Å². The van der Waals surface area contributed by atoms with Gasteiger partial charge in [-0.25, -0.2) is 9.78 Å². The Morgan fingerprint density at radius 3 is 2.70 bits per heavy atom. The van der Waals surface area contributed by atoms with Crippen LogP contribution in [0.2, 0.25) is 0 Å². The number of nitrogens with one attached hydrogen (secondary N) is 2. The summed E-state index contributed by atoms with van der Waals surface area (Å²) < 4.78 is 0. The van der Waals surface area contributed by atoms with Crippen LogP contribution in [0.1, 0.15) is 12.6 Å². The van der Waals surface area contributed by atoms with Crippen LogP contribution in [0, 0.1) is 0 Å². The number of amides is 2. The maximum absolute atomic E-state index is 11.9. The number of carboxylic acid groups (broad SMARTS) is 1. The third-order valence-corrected chi connectivity index (χ3v) is 3.49. The number of H-pyrrole nitrogens is 1. The third kappa shape index (κ3) is 3.47. The minimum Gasteiger partial charge on any atom is -0.480 e. The van der Waals surface area contributed by atoms with E-state index in [1.54, 1.807) is 24.3 Å². The molecule has 1 fully saturated rings. The Labute approximate surface area is 116 Å². The molecule has 0 radical (unpaired) electrons. The van der Waals surface area contributed by atoms with Crippen LogP contribution in [-0.2, 0) is 11.3 Å². The highest BCUT2D eigenvalue weighted by molar-refractivity contribution is 5.74. The molecule has 1 unspecified atom stereocenters. The van der Waals surface area contributed by atoms with Gasteiger partial charge in [0.15, 0.2) is 0 Å². The highest BCUT2D eigenvalue weighted by Gasteiger charge is 2.26. The summed E-state index contributed by atoms with van der Waals surface area (Å²) in [5.41, 5.74) is 0.844. The number of hydrogen-bond donors (Lipinski definition) is 3. The smallest absolute Gasteiger partial charge is 0.320 e. The lowest BCUT2D eigenvalue weighted by atomic mass is 10.2. The molecule has 1 aliphatic heterocycles. The van der Waals surface area contributed by atoms with Gasteiger partial charge >= 0.3 is 12.0 Å². The van der Waals surface area contributed by atoms with E-state index in [-0.39, 0.29) is 6.03 Å². The monoisotopic (exact) mass is 281 g/mol. The Morgan fingerprint density at radius 2 is 2.15 bits per heavy atom. The number of carbonyl (C=O) groups is 2. The maximum Gasteiger partial charge on any atom is 0.320 e. The number of aromatic amines is 1. The first-order valence-electron chi connectivity index (χ1n) is 6.55. The normalized spacial score (nSPS) is 17.8. The van der Waals surface area contributed by atoms with Crippen molar-refractivity contribution in [2.75, 3.05) is 26.2 Å². The van der Waals surface area contributed by atoms with Gasteiger partial charge in [0.05, 0.1) is 18.6 Å². The zero-order chi connectivity index (χ0) is 14.5. The predicted molar refractivity (Wildman–Crippen MR) is 71.1 cm³/mol. The van der Waals surface area contributed by atoms with Gasteiger partial charge in [0, 0.05) is 32.4 Å². The van der Waals surface area contributed by atoms with Crippen molar-refractivity contribution in [1.82, 2.24) is 25.1 Å². The second kappa shape index (κ2) is 6.38. The fourth-order valence-corrected chi connectivity index (χ4v) is 2.13. The molecule has 1 aliphatic rings. The summed E-state index contributed by atoms with van der Waals surface area (Å²) in [5.74, 6) is -0.831. The van der Waals surface area contributed by atoms with E-state index < -0.39 is 12.0 Å². The highest BCUT2D eigenvalue weighted by Crippen LogP contribution is 2.07. The van der Waals surface area contributed by atoms with Gasteiger partial charge in [-0.15, -0.1) is 0 Å². The summed E-state index contributed by atoms with van der Waals surface area (Å²) in [7, 11) is 0. The van der Waals surface area contributed by atoms with E-state index in [9.17, 15) is 9.59 Å². The van der Waals surface area contributed by atoms with Crippen molar-refractivity contribution in [3.8, 4) is 0 Å². The summed E-state index contributed by atoms with van der Waals surface area (Å²) in [6, 6.07) is -0.646. The molecule has 2 amide bonds. The molecule has 0 saturated carbocycles.